The molecule has 0 amide bonds. The van der Waals surface area contributed by atoms with E-state index in [9.17, 15) is 0 Å². The monoisotopic (exact) mass is 193 g/mol. The first-order valence-corrected chi connectivity index (χ1v) is 4.96. The lowest BCUT2D eigenvalue weighted by atomic mass is 10.2. The van der Waals surface area contributed by atoms with Gasteiger partial charge in [-0.05, 0) is 32.5 Å². The van der Waals surface area contributed by atoms with Crippen molar-refractivity contribution in [1.82, 2.24) is 14.9 Å². The van der Waals surface area contributed by atoms with Gasteiger partial charge in [-0.3, -0.25) is 0 Å². The predicted molar refractivity (Wildman–Crippen MR) is 53.2 cm³/mol. The molecule has 14 heavy (non-hydrogen) atoms. The number of ether oxygens (including phenoxy) is 1. The van der Waals surface area contributed by atoms with Gasteiger partial charge in [0, 0.05) is 18.4 Å². The van der Waals surface area contributed by atoms with Gasteiger partial charge in [-0.2, -0.15) is 0 Å². The molecule has 1 aromatic heterocycles. The maximum atomic E-state index is 5.50. The van der Waals surface area contributed by atoms with Crippen LogP contribution in [0, 0.1) is 0 Å². The second-order valence-corrected chi connectivity index (χ2v) is 3.62. The summed E-state index contributed by atoms with van der Waals surface area (Å²) < 4.78 is 5.50. The predicted octanol–water partition coefficient (Wildman–Crippen LogP) is 0.950. The molecule has 2 rings (SSSR count). The SMILES string of the molecule is CN1CCC[C@H]1COc1ncccn1. The molecule has 1 saturated heterocycles. The third-order valence-electron chi connectivity index (χ3n) is 2.62. The summed E-state index contributed by atoms with van der Waals surface area (Å²) >= 11 is 0. The maximum Gasteiger partial charge on any atom is 0.316 e. The van der Waals surface area contributed by atoms with E-state index in [2.05, 4.69) is 21.9 Å². The summed E-state index contributed by atoms with van der Waals surface area (Å²) in [4.78, 5) is 10.3. The van der Waals surface area contributed by atoms with E-state index in [4.69, 9.17) is 4.74 Å². The second kappa shape index (κ2) is 4.37. The van der Waals surface area contributed by atoms with Crippen molar-refractivity contribution >= 4 is 0 Å². The summed E-state index contributed by atoms with van der Waals surface area (Å²) in [5.41, 5.74) is 0. The van der Waals surface area contributed by atoms with E-state index in [1.807, 2.05) is 0 Å². The van der Waals surface area contributed by atoms with Gasteiger partial charge in [0.25, 0.3) is 0 Å². The lowest BCUT2D eigenvalue weighted by molar-refractivity contribution is 0.187. The zero-order valence-electron chi connectivity index (χ0n) is 8.39. The van der Waals surface area contributed by atoms with E-state index in [1.165, 1.54) is 19.4 Å². The van der Waals surface area contributed by atoms with Crippen molar-refractivity contribution in [2.75, 3.05) is 20.2 Å². The molecule has 0 aromatic carbocycles. The van der Waals surface area contributed by atoms with Crippen molar-refractivity contribution in [2.24, 2.45) is 0 Å². The number of hydrogen-bond donors (Lipinski definition) is 0. The normalized spacial score (nSPS) is 22.5. The van der Waals surface area contributed by atoms with Gasteiger partial charge in [0.15, 0.2) is 0 Å². The Labute approximate surface area is 83.9 Å². The van der Waals surface area contributed by atoms with Crippen molar-refractivity contribution in [1.29, 1.82) is 0 Å². The largest absolute Gasteiger partial charge is 0.462 e. The molecule has 1 aliphatic heterocycles. The number of rotatable bonds is 3. The zero-order valence-corrected chi connectivity index (χ0v) is 8.39. The summed E-state index contributed by atoms with van der Waals surface area (Å²) in [5.74, 6) is 0. The van der Waals surface area contributed by atoms with Crippen LogP contribution in [-0.4, -0.2) is 41.1 Å². The van der Waals surface area contributed by atoms with Crippen LogP contribution in [0.2, 0.25) is 0 Å². The summed E-state index contributed by atoms with van der Waals surface area (Å²) in [6.07, 6.45) is 5.87. The Bertz CT molecular complexity index is 278. The van der Waals surface area contributed by atoms with Crippen LogP contribution in [0.1, 0.15) is 12.8 Å². The standard InChI is InChI=1S/C10H15N3O/c1-13-7-2-4-9(13)8-14-10-11-5-3-6-12-10/h3,5-6,9H,2,4,7-8H2,1H3/t9-/m0/s1. The van der Waals surface area contributed by atoms with E-state index in [0.717, 1.165) is 0 Å². The summed E-state index contributed by atoms with van der Waals surface area (Å²) in [5, 5.41) is 0. The molecule has 1 aromatic rings. The number of aromatic nitrogens is 2. The summed E-state index contributed by atoms with van der Waals surface area (Å²) in [6, 6.07) is 2.79. The molecule has 0 radical (unpaired) electrons. The van der Waals surface area contributed by atoms with Gasteiger partial charge in [0.1, 0.15) is 6.61 Å². The van der Waals surface area contributed by atoms with Crippen LogP contribution in [0.25, 0.3) is 0 Å². The zero-order chi connectivity index (χ0) is 9.80. The molecule has 1 atom stereocenters. The number of likely N-dealkylation sites (N-methyl/N-ethyl adjacent to an activating group) is 1. The Hall–Kier alpha value is -1.16. The number of likely N-dealkylation sites (tertiary alicyclic amines) is 1. The highest BCUT2D eigenvalue weighted by Crippen LogP contribution is 2.15. The van der Waals surface area contributed by atoms with Crippen molar-refractivity contribution < 1.29 is 4.74 Å². The van der Waals surface area contributed by atoms with Crippen LogP contribution in [0.4, 0.5) is 0 Å². The molecule has 76 valence electrons. The van der Waals surface area contributed by atoms with Gasteiger partial charge in [0.2, 0.25) is 0 Å². The van der Waals surface area contributed by atoms with Crippen molar-refractivity contribution in [3.05, 3.63) is 18.5 Å². The molecule has 0 unspecified atom stereocenters. The van der Waals surface area contributed by atoms with Gasteiger partial charge in [-0.15, -0.1) is 0 Å². The van der Waals surface area contributed by atoms with Crippen LogP contribution in [0.5, 0.6) is 6.01 Å². The Morgan fingerprint density at radius 1 is 1.50 bits per heavy atom. The fourth-order valence-corrected chi connectivity index (χ4v) is 1.72. The number of hydrogen-bond acceptors (Lipinski definition) is 4. The van der Waals surface area contributed by atoms with E-state index in [0.29, 0.717) is 18.7 Å². The molecule has 0 saturated carbocycles. The van der Waals surface area contributed by atoms with E-state index in [1.54, 1.807) is 18.5 Å². The first-order valence-electron chi connectivity index (χ1n) is 4.96. The van der Waals surface area contributed by atoms with Crippen LogP contribution < -0.4 is 4.74 Å². The molecule has 4 nitrogen and oxygen atoms in total. The first-order chi connectivity index (χ1) is 6.86. The van der Waals surface area contributed by atoms with E-state index >= 15 is 0 Å². The second-order valence-electron chi connectivity index (χ2n) is 3.62. The lowest BCUT2D eigenvalue weighted by Crippen LogP contribution is -2.30. The molecule has 4 heteroatoms. The summed E-state index contributed by atoms with van der Waals surface area (Å²) in [6.45, 7) is 1.87. The fraction of sp³-hybridized carbons (Fsp3) is 0.600. The highest BCUT2D eigenvalue weighted by atomic mass is 16.5. The van der Waals surface area contributed by atoms with E-state index in [-0.39, 0.29) is 0 Å². The number of nitrogens with zero attached hydrogens (tertiary/aromatic N) is 3. The van der Waals surface area contributed by atoms with Gasteiger partial charge in [0.05, 0.1) is 0 Å². The summed E-state index contributed by atoms with van der Waals surface area (Å²) in [7, 11) is 2.13. The molecule has 0 aliphatic carbocycles. The molecule has 0 N–H and O–H groups in total. The molecular formula is C10H15N3O. The molecular weight excluding hydrogens is 178 g/mol. The molecule has 2 heterocycles. The fourth-order valence-electron chi connectivity index (χ4n) is 1.72. The molecule has 1 fully saturated rings. The highest BCUT2D eigenvalue weighted by Gasteiger charge is 2.21. The van der Waals surface area contributed by atoms with Crippen LogP contribution in [-0.2, 0) is 0 Å². The quantitative estimate of drug-likeness (QED) is 0.716. The minimum atomic E-state index is 0.479. The Kier molecular flexibility index (Phi) is 2.93. The minimum Gasteiger partial charge on any atom is -0.462 e. The Morgan fingerprint density at radius 2 is 2.29 bits per heavy atom. The van der Waals surface area contributed by atoms with Gasteiger partial charge in [-0.25, -0.2) is 9.97 Å². The minimum absolute atomic E-state index is 0.479. The lowest BCUT2D eigenvalue weighted by Gasteiger charge is -2.18. The third kappa shape index (κ3) is 2.20. The van der Waals surface area contributed by atoms with Crippen LogP contribution >= 0.6 is 0 Å². The average molecular weight is 193 g/mol. The van der Waals surface area contributed by atoms with Crippen molar-refractivity contribution in [3.8, 4) is 6.01 Å². The van der Waals surface area contributed by atoms with Crippen LogP contribution in [0.3, 0.4) is 0 Å². The molecule has 0 spiro atoms. The van der Waals surface area contributed by atoms with E-state index < -0.39 is 0 Å². The third-order valence-corrected chi connectivity index (χ3v) is 2.62. The average Bonchev–Trinajstić information content (AvgIpc) is 2.63. The first kappa shape index (κ1) is 9.40. The van der Waals surface area contributed by atoms with Crippen molar-refractivity contribution in [3.63, 3.8) is 0 Å². The topological polar surface area (TPSA) is 38.2 Å². The van der Waals surface area contributed by atoms with Gasteiger partial charge < -0.3 is 9.64 Å². The maximum absolute atomic E-state index is 5.50. The van der Waals surface area contributed by atoms with Gasteiger partial charge in [-0.1, -0.05) is 0 Å². The molecule has 0 bridgehead atoms. The van der Waals surface area contributed by atoms with Crippen molar-refractivity contribution in [2.45, 2.75) is 18.9 Å². The Morgan fingerprint density at radius 3 is 2.93 bits per heavy atom. The van der Waals surface area contributed by atoms with Crippen LogP contribution in [0.15, 0.2) is 18.5 Å². The Balaban J connectivity index is 1.82. The molecule has 1 aliphatic rings. The highest BCUT2D eigenvalue weighted by molar-refractivity contribution is 4.93. The smallest absolute Gasteiger partial charge is 0.316 e. The van der Waals surface area contributed by atoms with Gasteiger partial charge >= 0.3 is 6.01 Å².